The lowest BCUT2D eigenvalue weighted by molar-refractivity contribution is -0.137. The van der Waals surface area contributed by atoms with E-state index in [0.29, 0.717) is 89.3 Å². The molecule has 8 bridgehead atoms. The van der Waals surface area contributed by atoms with Gasteiger partial charge in [-0.2, -0.15) is 0 Å². The highest BCUT2D eigenvalue weighted by atomic mass is 16.5. The molecule has 65 heavy (non-hydrogen) atoms. The Morgan fingerprint density at radius 3 is 1.74 bits per heavy atom. The van der Waals surface area contributed by atoms with Crippen molar-refractivity contribution in [3.05, 3.63) is 103 Å². The Kier molecular flexibility index (Phi) is 11.1. The molecule has 0 aliphatic carbocycles. The Bertz CT molecular complexity index is 3230. The van der Waals surface area contributed by atoms with E-state index >= 15 is 0 Å². The number of nitrogens with zero attached hydrogens (tertiary/aromatic N) is 7. The first-order chi connectivity index (χ1) is 31.9. The topological polar surface area (TPSA) is 223 Å². The van der Waals surface area contributed by atoms with Crippen LogP contribution < -0.4 is 15.4 Å². The smallest absolute Gasteiger partial charge is 0.407 e. The summed E-state index contributed by atoms with van der Waals surface area (Å²) in [5.74, 6) is 1.68. The molecule has 0 saturated heterocycles. The fourth-order valence-corrected chi connectivity index (χ4v) is 8.06. The minimum atomic E-state index is -0.532. The van der Waals surface area contributed by atoms with E-state index in [1.54, 1.807) is 0 Å². The number of alkyl carbamates (subject to hydrolysis) is 1. The number of aromatic nitrogens is 8. The molecule has 17 nitrogen and oxygen atoms in total. The summed E-state index contributed by atoms with van der Waals surface area (Å²) < 4.78 is 11.8. The third kappa shape index (κ3) is 8.34. The highest BCUT2D eigenvalue weighted by Crippen LogP contribution is 2.38. The first kappa shape index (κ1) is 40.7. The highest BCUT2D eigenvalue weighted by molar-refractivity contribution is 6.13. The van der Waals surface area contributed by atoms with Crippen molar-refractivity contribution >= 4 is 67.9 Å². The van der Waals surface area contributed by atoms with Crippen LogP contribution in [0.4, 0.5) is 4.79 Å². The van der Waals surface area contributed by atoms with Gasteiger partial charge in [-0.1, -0.05) is 91.3 Å². The molecule has 0 fully saturated rings. The predicted molar refractivity (Wildman–Crippen MR) is 243 cm³/mol. The van der Waals surface area contributed by atoms with E-state index in [1.807, 2.05) is 91.0 Å². The van der Waals surface area contributed by atoms with Crippen LogP contribution in [0.2, 0.25) is 0 Å². The van der Waals surface area contributed by atoms with Gasteiger partial charge in [-0.05, 0) is 18.9 Å². The van der Waals surface area contributed by atoms with E-state index in [-0.39, 0.29) is 44.0 Å². The molecule has 4 amide bonds. The van der Waals surface area contributed by atoms with Crippen LogP contribution in [0.15, 0.2) is 103 Å². The number of rotatable bonds is 14. The van der Waals surface area contributed by atoms with E-state index in [0.717, 1.165) is 49.7 Å². The minimum absolute atomic E-state index is 0.134. The first-order valence-electron chi connectivity index (χ1n) is 21.4. The molecule has 0 atom stereocenters. The zero-order chi connectivity index (χ0) is 44.3. The summed E-state index contributed by atoms with van der Waals surface area (Å²) in [5.41, 5.74) is 5.63. The van der Waals surface area contributed by atoms with Crippen LogP contribution in [0.1, 0.15) is 32.1 Å². The molecule has 6 heterocycles. The molecular formula is C48H41N11O6. The van der Waals surface area contributed by atoms with Gasteiger partial charge in [0.1, 0.15) is 28.3 Å². The molecule has 0 saturated carbocycles. The Hall–Kier alpha value is -8.34. The molecule has 3 aliphatic heterocycles. The zero-order valence-corrected chi connectivity index (χ0v) is 35.0. The van der Waals surface area contributed by atoms with Crippen LogP contribution in [0.3, 0.4) is 0 Å². The third-order valence-electron chi connectivity index (χ3n) is 11.2. The average molecular weight is 868 g/mol. The largest absolute Gasteiger partial charge is 0.493 e. The number of hydrogen-bond donors (Lipinski definition) is 4. The second-order valence-corrected chi connectivity index (χ2v) is 15.5. The quantitative estimate of drug-likeness (QED) is 0.0643. The average Bonchev–Trinajstić information content (AvgIpc) is 4.12. The number of carbonyl (C=O) groups excluding carboxylic acids is 4. The molecule has 3 aromatic heterocycles. The van der Waals surface area contributed by atoms with Crippen molar-refractivity contribution in [3.63, 3.8) is 0 Å². The second kappa shape index (κ2) is 17.8. The number of nitrogens with one attached hydrogen (secondary N) is 4. The van der Waals surface area contributed by atoms with Crippen molar-refractivity contribution in [2.75, 3.05) is 32.8 Å². The van der Waals surface area contributed by atoms with Gasteiger partial charge in [0, 0.05) is 83.0 Å². The summed E-state index contributed by atoms with van der Waals surface area (Å²) in [7, 11) is 0. The number of aromatic amines is 2. The third-order valence-corrected chi connectivity index (χ3v) is 11.2. The summed E-state index contributed by atoms with van der Waals surface area (Å²) in [6, 6.07) is 29.4. The van der Waals surface area contributed by atoms with E-state index in [4.69, 9.17) is 39.4 Å². The van der Waals surface area contributed by atoms with E-state index < -0.39 is 6.09 Å². The van der Waals surface area contributed by atoms with Crippen LogP contribution in [-0.2, 0) is 19.1 Å². The number of ether oxygens (including phenoxy) is 2. The molecular weight excluding hydrogens is 827 g/mol. The minimum Gasteiger partial charge on any atom is -0.493 e. The van der Waals surface area contributed by atoms with Crippen molar-refractivity contribution in [2.24, 2.45) is 0 Å². The maximum Gasteiger partial charge on any atom is 0.407 e. The van der Waals surface area contributed by atoms with Gasteiger partial charge >= 0.3 is 6.09 Å². The molecule has 3 aliphatic rings. The number of carbonyl (C=O) groups is 4. The number of fused-ring (bicyclic) bond motifs is 20. The lowest BCUT2D eigenvalue weighted by atomic mass is 10.1. The molecule has 7 aromatic rings. The standard InChI is InChI=1S/C48H41N11O6/c60-36(49-24-25-59-37(61)21-22-38(59)62)20-2-1-9-23-50-48(63)65-27-11-26-64-35-19-10-18-34-39(35)47-57-45-33-17-8-7-16-32(33)43(55-45)53-41-29-13-4-3-12-28(29)40(51-41)52-42-30-14-5-6-15-31(30)44(54-42)56-46(34)58-47/h3-8,10,12-19,21-22H,1-2,9,11,20,23-27H2,(H,49,60)(H,50,63)(H2,51,52,53,54,55,56,57,58). The Morgan fingerprint density at radius 1 is 0.538 bits per heavy atom. The van der Waals surface area contributed by atoms with Gasteiger partial charge in [0.25, 0.3) is 11.8 Å². The number of unbranched alkanes of at least 4 members (excludes halogenated alkanes) is 2. The molecule has 0 unspecified atom stereocenters. The molecule has 4 N–H and O–H groups in total. The second-order valence-electron chi connectivity index (χ2n) is 15.5. The van der Waals surface area contributed by atoms with Gasteiger partial charge in [0.15, 0.2) is 23.3 Å². The van der Waals surface area contributed by atoms with E-state index in [2.05, 4.69) is 20.6 Å². The van der Waals surface area contributed by atoms with E-state index in [1.165, 1.54) is 12.2 Å². The fraction of sp³-hybridized carbons (Fsp3) is 0.208. The first-order valence-corrected chi connectivity index (χ1v) is 21.4. The van der Waals surface area contributed by atoms with Crippen LogP contribution in [0.5, 0.6) is 5.75 Å². The summed E-state index contributed by atoms with van der Waals surface area (Å²) >= 11 is 0. The van der Waals surface area contributed by atoms with Crippen molar-refractivity contribution in [1.29, 1.82) is 0 Å². The van der Waals surface area contributed by atoms with Gasteiger partial charge in [0.05, 0.1) is 18.6 Å². The number of imide groups is 1. The summed E-state index contributed by atoms with van der Waals surface area (Å²) in [4.78, 5) is 86.0. The van der Waals surface area contributed by atoms with Crippen LogP contribution >= 0.6 is 0 Å². The van der Waals surface area contributed by atoms with Crippen LogP contribution in [0.25, 0.3) is 89.7 Å². The lowest BCUT2D eigenvalue weighted by Gasteiger charge is -2.13. The van der Waals surface area contributed by atoms with Crippen LogP contribution in [-0.4, -0.2) is 101 Å². The number of amides is 4. The van der Waals surface area contributed by atoms with Crippen molar-refractivity contribution in [3.8, 4) is 51.3 Å². The summed E-state index contributed by atoms with van der Waals surface area (Å²) in [6.45, 7) is 1.13. The van der Waals surface area contributed by atoms with E-state index in [9.17, 15) is 19.2 Å². The molecule has 10 rings (SSSR count). The number of hydrogen-bond acceptors (Lipinski definition) is 12. The predicted octanol–water partition coefficient (Wildman–Crippen LogP) is 6.97. The summed E-state index contributed by atoms with van der Waals surface area (Å²) in [5, 5.41) is 8.70. The SMILES string of the molecule is O=C(CCCCCNC(=O)OCCCOc1cccc2c3nc4nc(nc5nc(nc6[nH]c(nc([nH]3)c12)c1ccccc61)-c1ccccc1-5)-c1ccccc1-4)NCCN1C(=O)C=CC1=O. The van der Waals surface area contributed by atoms with Gasteiger partial charge in [-0.25, -0.2) is 34.7 Å². The molecule has 0 radical (unpaired) electrons. The Morgan fingerprint density at radius 2 is 1.09 bits per heavy atom. The Labute approximate surface area is 370 Å². The highest BCUT2D eigenvalue weighted by Gasteiger charge is 2.25. The van der Waals surface area contributed by atoms with Gasteiger partial charge in [-0.15, -0.1) is 0 Å². The number of H-pyrrole nitrogens is 2. The normalized spacial score (nSPS) is 12.7. The van der Waals surface area contributed by atoms with Crippen molar-refractivity contribution in [1.82, 2.24) is 55.4 Å². The Balaban J connectivity index is 0.846. The fourth-order valence-electron chi connectivity index (χ4n) is 8.06. The monoisotopic (exact) mass is 867 g/mol. The molecule has 17 heteroatoms. The summed E-state index contributed by atoms with van der Waals surface area (Å²) in [6.07, 6.45) is 4.65. The maximum atomic E-state index is 12.4. The zero-order valence-electron chi connectivity index (χ0n) is 35.0. The van der Waals surface area contributed by atoms with Crippen molar-refractivity contribution < 1.29 is 28.7 Å². The van der Waals surface area contributed by atoms with Gasteiger partial charge < -0.3 is 30.1 Å². The maximum absolute atomic E-state index is 12.4. The number of benzene rings is 4. The molecule has 324 valence electrons. The molecule has 0 spiro atoms. The van der Waals surface area contributed by atoms with Gasteiger partial charge in [0.2, 0.25) is 5.91 Å². The molecule has 4 aromatic carbocycles. The van der Waals surface area contributed by atoms with Crippen molar-refractivity contribution in [2.45, 2.75) is 32.1 Å². The van der Waals surface area contributed by atoms with Gasteiger partial charge in [-0.3, -0.25) is 19.3 Å². The van der Waals surface area contributed by atoms with Crippen LogP contribution in [0, 0.1) is 0 Å². The lowest BCUT2D eigenvalue weighted by Crippen LogP contribution is -2.38.